The number of piperidine rings is 1. The van der Waals surface area contributed by atoms with Crippen LogP contribution in [-0.2, 0) is 16.1 Å². The summed E-state index contributed by atoms with van der Waals surface area (Å²) >= 11 is 0. The monoisotopic (exact) mass is 397 g/mol. The van der Waals surface area contributed by atoms with E-state index in [4.69, 9.17) is 5.73 Å². The fraction of sp³-hybridized carbons (Fsp3) is 0.571. The van der Waals surface area contributed by atoms with Crippen LogP contribution in [0.3, 0.4) is 0 Å². The Morgan fingerprint density at radius 1 is 1.34 bits per heavy atom. The van der Waals surface area contributed by atoms with Crippen LogP contribution >= 0.6 is 0 Å². The van der Waals surface area contributed by atoms with E-state index in [9.17, 15) is 19.2 Å². The Hall–Kier alpha value is -2.50. The Morgan fingerprint density at radius 2 is 2.17 bits per heavy atom. The molecule has 4 fully saturated rings. The predicted octanol–water partition coefficient (Wildman–Crippen LogP) is 0.451. The Morgan fingerprint density at radius 3 is 2.90 bits per heavy atom. The smallest absolute Gasteiger partial charge is 0.242 e. The third-order valence-corrected chi connectivity index (χ3v) is 6.89. The molecule has 6 atom stereocenters. The van der Waals surface area contributed by atoms with Crippen molar-refractivity contribution in [2.75, 3.05) is 13.1 Å². The number of amides is 2. The molecule has 1 saturated carbocycles. The van der Waals surface area contributed by atoms with Crippen LogP contribution in [0.5, 0.6) is 0 Å². The number of halogens is 1. The molecule has 3 unspecified atom stereocenters. The molecule has 0 aromatic heterocycles. The number of hydrogen-bond acceptors (Lipinski definition) is 5. The predicted molar refractivity (Wildman–Crippen MR) is 101 cm³/mol. The minimum absolute atomic E-state index is 0.0171. The van der Waals surface area contributed by atoms with E-state index in [-0.39, 0.29) is 41.8 Å². The first-order valence-corrected chi connectivity index (χ1v) is 10.2. The largest absolute Gasteiger partial charge is 0.333 e. The lowest BCUT2D eigenvalue weighted by atomic mass is 10.1. The molecule has 3 heterocycles. The summed E-state index contributed by atoms with van der Waals surface area (Å²) in [6.45, 7) is 1.39. The highest BCUT2D eigenvalue weighted by atomic mass is 19.1. The molecule has 3 aliphatic heterocycles. The molecule has 2 amide bonds. The zero-order chi connectivity index (χ0) is 20.3. The van der Waals surface area contributed by atoms with E-state index in [2.05, 4.69) is 6.07 Å². The highest BCUT2D eigenvalue weighted by molar-refractivity contribution is 5.86. The number of likely N-dealkylation sites (tertiary alicyclic amines) is 3. The second-order valence-corrected chi connectivity index (χ2v) is 8.75. The van der Waals surface area contributed by atoms with Crippen molar-refractivity contribution in [2.45, 2.75) is 56.0 Å². The fourth-order valence-electron chi connectivity index (χ4n) is 5.39. The highest BCUT2D eigenvalue weighted by Crippen LogP contribution is 2.47. The quantitative estimate of drug-likeness (QED) is 0.779. The van der Waals surface area contributed by atoms with Gasteiger partial charge in [-0.25, -0.2) is 4.39 Å². The first kappa shape index (κ1) is 18.5. The summed E-state index contributed by atoms with van der Waals surface area (Å²) in [5.74, 6) is -0.00524. The second-order valence-electron chi connectivity index (χ2n) is 8.75. The molecule has 3 saturated heterocycles. The molecular formula is C21H24FN5O2. The van der Waals surface area contributed by atoms with Gasteiger partial charge in [-0.2, -0.15) is 5.26 Å². The van der Waals surface area contributed by atoms with E-state index >= 15 is 0 Å². The van der Waals surface area contributed by atoms with Gasteiger partial charge in [-0.1, -0.05) is 12.1 Å². The Bertz CT molecular complexity index is 901. The fourth-order valence-corrected chi connectivity index (χ4v) is 5.39. The van der Waals surface area contributed by atoms with Crippen molar-refractivity contribution >= 4 is 11.8 Å². The number of carbonyl (C=O) groups is 2. The number of nitrogens with two attached hydrogens (primary N) is 1. The number of piperazine rings is 1. The average Bonchev–Trinajstić information content (AvgIpc) is 3.04. The van der Waals surface area contributed by atoms with Crippen molar-refractivity contribution in [3.8, 4) is 6.07 Å². The number of nitrogens with zero attached hydrogens (tertiary/aromatic N) is 4. The van der Waals surface area contributed by atoms with Gasteiger partial charge in [0, 0.05) is 31.7 Å². The van der Waals surface area contributed by atoms with Crippen LogP contribution in [-0.4, -0.2) is 69.8 Å². The topological polar surface area (TPSA) is 93.7 Å². The van der Waals surface area contributed by atoms with E-state index in [0.717, 1.165) is 18.4 Å². The SMILES string of the molecule is N#CC1C[C@@H]2CC2N1C(=O)C(N)CN1C[C@@H]2C[C@H]1C(=O)N2Cc1cccc(F)c1. The molecule has 0 radical (unpaired) electrons. The summed E-state index contributed by atoms with van der Waals surface area (Å²) in [6.07, 6.45) is 2.43. The van der Waals surface area contributed by atoms with Crippen molar-refractivity contribution in [3.05, 3.63) is 35.6 Å². The number of carbonyl (C=O) groups excluding carboxylic acids is 2. The maximum Gasteiger partial charge on any atom is 0.242 e. The molecule has 1 aliphatic carbocycles. The third-order valence-electron chi connectivity index (χ3n) is 6.89. The first-order valence-electron chi connectivity index (χ1n) is 10.2. The van der Waals surface area contributed by atoms with Crippen LogP contribution in [0.15, 0.2) is 24.3 Å². The Balaban J connectivity index is 1.21. The number of rotatable bonds is 5. The molecule has 5 rings (SSSR count). The van der Waals surface area contributed by atoms with Gasteiger partial charge in [0.1, 0.15) is 11.9 Å². The molecule has 8 heteroatoms. The van der Waals surface area contributed by atoms with Crippen molar-refractivity contribution in [1.82, 2.24) is 14.7 Å². The van der Waals surface area contributed by atoms with Gasteiger partial charge in [-0.3, -0.25) is 14.5 Å². The lowest BCUT2D eigenvalue weighted by Gasteiger charge is -2.35. The number of nitriles is 1. The molecule has 29 heavy (non-hydrogen) atoms. The van der Waals surface area contributed by atoms with Gasteiger partial charge in [0.15, 0.2) is 0 Å². The lowest BCUT2D eigenvalue weighted by molar-refractivity contribution is -0.139. The van der Waals surface area contributed by atoms with Crippen molar-refractivity contribution in [3.63, 3.8) is 0 Å². The average molecular weight is 397 g/mol. The highest BCUT2D eigenvalue weighted by Gasteiger charge is 2.55. The molecule has 7 nitrogen and oxygen atoms in total. The molecule has 152 valence electrons. The molecule has 4 aliphatic rings. The van der Waals surface area contributed by atoms with E-state index < -0.39 is 6.04 Å². The van der Waals surface area contributed by atoms with Gasteiger partial charge < -0.3 is 15.5 Å². The van der Waals surface area contributed by atoms with Gasteiger partial charge in [-0.15, -0.1) is 0 Å². The van der Waals surface area contributed by atoms with Crippen LogP contribution in [0.25, 0.3) is 0 Å². The number of hydrogen-bond donors (Lipinski definition) is 1. The summed E-state index contributed by atoms with van der Waals surface area (Å²) in [7, 11) is 0. The van der Waals surface area contributed by atoms with Crippen LogP contribution in [0.2, 0.25) is 0 Å². The van der Waals surface area contributed by atoms with Gasteiger partial charge in [0.05, 0.1) is 18.2 Å². The normalized spacial score (nSPS) is 33.7. The van der Waals surface area contributed by atoms with Crippen LogP contribution in [0, 0.1) is 23.1 Å². The van der Waals surface area contributed by atoms with Crippen molar-refractivity contribution < 1.29 is 14.0 Å². The second kappa shape index (κ2) is 6.78. The maximum absolute atomic E-state index is 13.4. The van der Waals surface area contributed by atoms with Gasteiger partial charge >= 0.3 is 0 Å². The molecule has 0 spiro atoms. The zero-order valence-corrected chi connectivity index (χ0v) is 16.1. The Labute approximate surface area is 168 Å². The third kappa shape index (κ3) is 3.09. The Kier molecular flexibility index (Phi) is 4.33. The van der Waals surface area contributed by atoms with E-state index in [1.54, 1.807) is 11.0 Å². The van der Waals surface area contributed by atoms with Gasteiger partial charge in [0.2, 0.25) is 11.8 Å². The molecule has 2 bridgehead atoms. The molecule has 2 N–H and O–H groups in total. The van der Waals surface area contributed by atoms with E-state index in [1.807, 2.05) is 15.9 Å². The van der Waals surface area contributed by atoms with Crippen molar-refractivity contribution in [2.24, 2.45) is 11.7 Å². The van der Waals surface area contributed by atoms with Crippen LogP contribution in [0.1, 0.15) is 24.8 Å². The minimum Gasteiger partial charge on any atom is -0.333 e. The number of fused-ring (bicyclic) bond motifs is 3. The van der Waals surface area contributed by atoms with Crippen molar-refractivity contribution in [1.29, 1.82) is 5.26 Å². The first-order chi connectivity index (χ1) is 14.0. The van der Waals surface area contributed by atoms with E-state index in [0.29, 0.717) is 32.0 Å². The summed E-state index contributed by atoms with van der Waals surface area (Å²) < 4.78 is 13.4. The summed E-state index contributed by atoms with van der Waals surface area (Å²) in [5.41, 5.74) is 7.00. The lowest BCUT2D eigenvalue weighted by Crippen LogP contribution is -2.56. The van der Waals surface area contributed by atoms with Gasteiger partial charge in [0.25, 0.3) is 0 Å². The summed E-state index contributed by atoms with van der Waals surface area (Å²) in [4.78, 5) is 31.2. The standard InChI is InChI=1S/C21H24FN5O2/c22-14-3-1-2-12(4-14)9-26-16-7-19(21(26)29)25(10-16)11-17(24)20(28)27-15(8-23)5-13-6-18(13)27/h1-4,13,15-19H,5-7,9-11,24H2/t13-,15?,16+,17?,18?,19+/m1/s1. The van der Waals surface area contributed by atoms with Crippen LogP contribution < -0.4 is 5.73 Å². The summed E-state index contributed by atoms with van der Waals surface area (Å²) in [5, 5.41) is 9.31. The number of benzene rings is 1. The molecule has 1 aromatic rings. The van der Waals surface area contributed by atoms with Gasteiger partial charge in [-0.05, 0) is 42.9 Å². The van der Waals surface area contributed by atoms with E-state index in [1.165, 1.54) is 12.1 Å². The minimum atomic E-state index is -0.728. The molecule has 1 aromatic carbocycles. The van der Waals surface area contributed by atoms with Crippen LogP contribution in [0.4, 0.5) is 4.39 Å². The zero-order valence-electron chi connectivity index (χ0n) is 16.1. The molecular weight excluding hydrogens is 373 g/mol. The maximum atomic E-state index is 13.4. The summed E-state index contributed by atoms with van der Waals surface area (Å²) in [6, 6.07) is 7.41.